The number of hydrogen-bond acceptors (Lipinski definition) is 6. The second-order valence-electron chi connectivity index (χ2n) is 13.4. The summed E-state index contributed by atoms with van der Waals surface area (Å²) in [6, 6.07) is 32.6. The van der Waals surface area contributed by atoms with Gasteiger partial charge in [0, 0.05) is 50.6 Å². The number of ether oxygens (including phenoxy) is 2. The summed E-state index contributed by atoms with van der Waals surface area (Å²) >= 11 is 0. The minimum Gasteiger partial charge on any atom is -0.392 e. The van der Waals surface area contributed by atoms with Crippen LogP contribution in [0.25, 0.3) is 22.2 Å². The number of piperidine rings is 1. The molecule has 0 aliphatic carbocycles. The van der Waals surface area contributed by atoms with Gasteiger partial charge in [0.05, 0.1) is 29.8 Å². The predicted molar refractivity (Wildman–Crippen MR) is 190 cm³/mol. The molecule has 2 saturated heterocycles. The van der Waals surface area contributed by atoms with E-state index >= 15 is 0 Å². The van der Waals surface area contributed by atoms with Crippen LogP contribution in [-0.2, 0) is 27.4 Å². The van der Waals surface area contributed by atoms with Crippen molar-refractivity contribution in [2.45, 2.75) is 64.4 Å². The van der Waals surface area contributed by atoms with Crippen LogP contribution in [0, 0.1) is 5.92 Å². The fraction of sp³-hybridized carbons (Fsp3) is 0.350. The number of rotatable bonds is 9. The lowest BCUT2D eigenvalue weighted by atomic mass is 9.89. The zero-order valence-corrected chi connectivity index (χ0v) is 28.0. The Morgan fingerprint density at radius 2 is 1.61 bits per heavy atom. The highest BCUT2D eigenvalue weighted by atomic mass is 16.7. The molecule has 7 rings (SSSR count). The van der Waals surface area contributed by atoms with Crippen molar-refractivity contribution in [2.24, 2.45) is 5.92 Å². The lowest BCUT2D eigenvalue weighted by Gasteiger charge is -2.44. The molecule has 2 aliphatic rings. The van der Waals surface area contributed by atoms with Crippen LogP contribution in [0.1, 0.15) is 67.4 Å². The molecule has 9 nitrogen and oxygen atoms in total. The fourth-order valence-corrected chi connectivity index (χ4v) is 7.30. The van der Waals surface area contributed by atoms with Gasteiger partial charge in [-0.05, 0) is 58.9 Å². The third-order valence-corrected chi connectivity index (χ3v) is 10.1. The molecule has 0 spiro atoms. The molecular weight excluding hydrogens is 616 g/mol. The number of hydrogen-bond donors (Lipinski definition) is 3. The summed E-state index contributed by atoms with van der Waals surface area (Å²) in [5, 5.41) is 12.5. The number of aliphatic hydroxyl groups is 1. The Hall–Kier alpha value is -4.54. The quantitative estimate of drug-likeness (QED) is 0.173. The lowest BCUT2D eigenvalue weighted by molar-refractivity contribution is -0.276. The smallest absolute Gasteiger partial charge is 0.326 e. The molecule has 1 amide bonds. The maximum Gasteiger partial charge on any atom is 0.326 e. The highest BCUT2D eigenvalue weighted by Crippen LogP contribution is 2.42. The standard InChI is InChI=1S/C40H44N4O5/c1-26-37(24-43-20-18-34(19-21-43)44-36-9-4-3-8-35(36)42-40(44)47)48-39(49-38(26)31-12-10-28(25-45)11-13-31)32-16-14-30(15-17-32)33-7-5-6-29(22-33)23-41-27(2)46/h3-17,22,26,34,37-39,45H,18-21,23-25H2,1-2H3,(H,41,46)(H,42,47). The van der Waals surface area contributed by atoms with Gasteiger partial charge in [-0.15, -0.1) is 0 Å². The third kappa shape index (κ3) is 7.26. The van der Waals surface area contributed by atoms with Crippen LogP contribution in [0.4, 0.5) is 0 Å². The molecule has 0 radical (unpaired) electrons. The van der Waals surface area contributed by atoms with E-state index in [1.54, 1.807) is 0 Å². The molecule has 1 aromatic heterocycles. The number of H-pyrrole nitrogens is 1. The van der Waals surface area contributed by atoms with Gasteiger partial charge in [-0.2, -0.15) is 0 Å². The number of fused-ring (bicyclic) bond motifs is 1. The first-order valence-corrected chi connectivity index (χ1v) is 17.2. The van der Waals surface area contributed by atoms with Gasteiger partial charge < -0.3 is 29.8 Å². The molecule has 0 saturated carbocycles. The number of aliphatic hydroxyl groups excluding tert-OH is 1. The molecule has 49 heavy (non-hydrogen) atoms. The number of nitrogens with zero attached hydrogens (tertiary/aromatic N) is 2. The number of benzene rings is 4. The second-order valence-corrected chi connectivity index (χ2v) is 13.4. The van der Waals surface area contributed by atoms with E-state index in [9.17, 15) is 14.7 Å². The van der Waals surface area contributed by atoms with Crippen LogP contribution in [0.5, 0.6) is 0 Å². The summed E-state index contributed by atoms with van der Waals surface area (Å²) < 4.78 is 15.4. The van der Waals surface area contributed by atoms with Crippen molar-refractivity contribution in [1.82, 2.24) is 19.8 Å². The van der Waals surface area contributed by atoms with Crippen LogP contribution in [0.3, 0.4) is 0 Å². The Kier molecular flexibility index (Phi) is 9.77. The zero-order valence-electron chi connectivity index (χ0n) is 28.0. The number of likely N-dealkylation sites (tertiary alicyclic amines) is 1. The molecule has 5 aromatic rings. The topological polar surface area (TPSA) is 109 Å². The van der Waals surface area contributed by atoms with E-state index in [0.717, 1.165) is 76.9 Å². The normalized spacial score (nSPS) is 21.9. The molecule has 3 heterocycles. The maximum absolute atomic E-state index is 12.9. The highest BCUT2D eigenvalue weighted by molar-refractivity contribution is 5.75. The van der Waals surface area contributed by atoms with Gasteiger partial charge in [-0.25, -0.2) is 4.79 Å². The minimum atomic E-state index is -0.550. The molecule has 3 N–H and O–H groups in total. The predicted octanol–water partition coefficient (Wildman–Crippen LogP) is 6.25. The van der Waals surface area contributed by atoms with Crippen molar-refractivity contribution in [3.8, 4) is 11.1 Å². The number of para-hydroxylation sites is 2. The summed E-state index contributed by atoms with van der Waals surface area (Å²) in [5.41, 5.74) is 7.88. The molecule has 4 atom stereocenters. The summed E-state index contributed by atoms with van der Waals surface area (Å²) in [4.78, 5) is 29.7. The van der Waals surface area contributed by atoms with Gasteiger partial charge >= 0.3 is 5.69 Å². The van der Waals surface area contributed by atoms with Crippen molar-refractivity contribution in [2.75, 3.05) is 19.6 Å². The van der Waals surface area contributed by atoms with E-state index in [0.29, 0.717) is 6.54 Å². The summed E-state index contributed by atoms with van der Waals surface area (Å²) in [6.07, 6.45) is 0.957. The number of amides is 1. The van der Waals surface area contributed by atoms with Crippen LogP contribution < -0.4 is 11.0 Å². The molecule has 2 fully saturated rings. The number of aromatic nitrogens is 2. The van der Waals surface area contributed by atoms with E-state index in [-0.39, 0.29) is 42.4 Å². The van der Waals surface area contributed by atoms with Gasteiger partial charge in [0.1, 0.15) is 0 Å². The van der Waals surface area contributed by atoms with Gasteiger partial charge in [0.15, 0.2) is 6.29 Å². The Morgan fingerprint density at radius 3 is 2.35 bits per heavy atom. The summed E-state index contributed by atoms with van der Waals surface area (Å²) in [6.45, 7) is 6.72. The van der Waals surface area contributed by atoms with Crippen molar-refractivity contribution < 1.29 is 19.4 Å². The van der Waals surface area contributed by atoms with Crippen molar-refractivity contribution in [3.05, 3.63) is 130 Å². The number of carbonyl (C=O) groups excluding carboxylic acids is 1. The monoisotopic (exact) mass is 660 g/mol. The van der Waals surface area contributed by atoms with Crippen molar-refractivity contribution >= 4 is 16.9 Å². The van der Waals surface area contributed by atoms with Gasteiger partial charge in [-0.1, -0.05) is 85.8 Å². The van der Waals surface area contributed by atoms with Gasteiger partial charge in [0.2, 0.25) is 5.91 Å². The van der Waals surface area contributed by atoms with Crippen molar-refractivity contribution in [3.63, 3.8) is 0 Å². The molecule has 2 aliphatic heterocycles. The number of nitrogens with one attached hydrogen (secondary N) is 2. The molecule has 254 valence electrons. The number of aromatic amines is 1. The zero-order chi connectivity index (χ0) is 33.9. The third-order valence-electron chi connectivity index (χ3n) is 10.1. The summed E-state index contributed by atoms with van der Waals surface area (Å²) in [5.74, 6) is 0.0278. The SMILES string of the molecule is CC(=O)NCc1cccc(-c2ccc(C3OC(CN4CCC(n5c(=O)[nH]c6ccccc65)CC4)C(C)C(c4ccc(CO)cc4)O3)cc2)c1. The minimum absolute atomic E-state index is 0.00115. The van der Waals surface area contributed by atoms with E-state index in [4.69, 9.17) is 9.47 Å². The molecule has 4 unspecified atom stereocenters. The Morgan fingerprint density at radius 1 is 0.878 bits per heavy atom. The fourth-order valence-electron chi connectivity index (χ4n) is 7.30. The number of carbonyl (C=O) groups is 1. The molecule has 9 heteroatoms. The lowest BCUT2D eigenvalue weighted by Crippen LogP contribution is -2.47. The largest absolute Gasteiger partial charge is 0.392 e. The van der Waals surface area contributed by atoms with Gasteiger partial charge in [-0.3, -0.25) is 9.36 Å². The first kappa shape index (κ1) is 33.0. The average Bonchev–Trinajstić information content (AvgIpc) is 3.47. The van der Waals surface area contributed by atoms with Crippen LogP contribution in [0.2, 0.25) is 0 Å². The average molecular weight is 661 g/mol. The van der Waals surface area contributed by atoms with Crippen LogP contribution in [0.15, 0.2) is 102 Å². The first-order chi connectivity index (χ1) is 23.9. The van der Waals surface area contributed by atoms with Crippen LogP contribution in [-0.4, -0.2) is 51.2 Å². The Labute approximate surface area is 286 Å². The maximum atomic E-state index is 12.9. The van der Waals surface area contributed by atoms with Crippen molar-refractivity contribution in [1.29, 1.82) is 0 Å². The van der Waals surface area contributed by atoms with E-state index in [1.165, 1.54) is 6.92 Å². The van der Waals surface area contributed by atoms with Gasteiger partial charge in [0.25, 0.3) is 0 Å². The highest BCUT2D eigenvalue weighted by Gasteiger charge is 2.39. The van der Waals surface area contributed by atoms with E-state index in [2.05, 4.69) is 58.5 Å². The first-order valence-electron chi connectivity index (χ1n) is 17.2. The second kappa shape index (κ2) is 14.5. The molecule has 0 bridgehead atoms. The van der Waals surface area contributed by atoms with E-state index in [1.807, 2.05) is 65.2 Å². The Bertz CT molecular complexity index is 1940. The number of imidazole rings is 1. The Balaban J connectivity index is 1.08. The van der Waals surface area contributed by atoms with E-state index < -0.39 is 6.29 Å². The molecular formula is C40H44N4O5. The molecule has 4 aromatic carbocycles. The summed E-state index contributed by atoms with van der Waals surface area (Å²) in [7, 11) is 0. The van der Waals surface area contributed by atoms with Crippen LogP contribution >= 0.6 is 0 Å².